The maximum atomic E-state index is 12.9. The van der Waals surface area contributed by atoms with E-state index >= 15 is 0 Å². The standard InChI is InChI=1S/C16H14FN3O2S/c17-12-3-1-10(2-4-12)13-7-14(20-19-13)16(22)18-8-15(21)11-5-6-23-9-11/h1-7,9,15,21H,8H2,(H,18,22)(H,19,20). The second-order valence-corrected chi connectivity index (χ2v) is 5.74. The normalized spacial score (nSPS) is 12.1. The van der Waals surface area contributed by atoms with Gasteiger partial charge in [0.1, 0.15) is 11.5 Å². The molecular weight excluding hydrogens is 317 g/mol. The zero-order valence-corrected chi connectivity index (χ0v) is 12.8. The first-order valence-electron chi connectivity index (χ1n) is 6.93. The number of aromatic amines is 1. The third-order valence-electron chi connectivity index (χ3n) is 3.35. The van der Waals surface area contributed by atoms with Gasteiger partial charge in [-0.05, 0) is 52.7 Å². The molecule has 5 nitrogen and oxygen atoms in total. The highest BCUT2D eigenvalue weighted by Crippen LogP contribution is 2.18. The molecule has 23 heavy (non-hydrogen) atoms. The third-order valence-corrected chi connectivity index (χ3v) is 4.05. The van der Waals surface area contributed by atoms with E-state index in [1.807, 2.05) is 16.8 Å². The fourth-order valence-corrected chi connectivity index (χ4v) is 2.78. The van der Waals surface area contributed by atoms with Crippen molar-refractivity contribution in [2.75, 3.05) is 6.54 Å². The molecular formula is C16H14FN3O2S. The molecule has 0 aliphatic carbocycles. The Morgan fingerprint density at radius 1 is 1.35 bits per heavy atom. The van der Waals surface area contributed by atoms with E-state index in [2.05, 4.69) is 15.5 Å². The highest BCUT2D eigenvalue weighted by atomic mass is 32.1. The molecule has 2 aromatic heterocycles. The Labute approximate surface area is 135 Å². The maximum Gasteiger partial charge on any atom is 0.269 e. The average Bonchev–Trinajstić information content (AvgIpc) is 3.24. The fourth-order valence-electron chi connectivity index (χ4n) is 2.07. The Kier molecular flexibility index (Phi) is 4.50. The maximum absolute atomic E-state index is 12.9. The Morgan fingerprint density at radius 3 is 2.83 bits per heavy atom. The number of benzene rings is 1. The van der Waals surface area contributed by atoms with Crippen LogP contribution in [0.4, 0.5) is 4.39 Å². The lowest BCUT2D eigenvalue weighted by molar-refractivity contribution is 0.0911. The number of aliphatic hydroxyl groups is 1. The smallest absolute Gasteiger partial charge is 0.269 e. The first kappa shape index (κ1) is 15.4. The van der Waals surface area contributed by atoms with E-state index < -0.39 is 6.10 Å². The molecule has 0 bridgehead atoms. The summed E-state index contributed by atoms with van der Waals surface area (Å²) in [6, 6.07) is 9.24. The van der Waals surface area contributed by atoms with Crippen LogP contribution in [0.3, 0.4) is 0 Å². The van der Waals surface area contributed by atoms with Crippen LogP contribution in [0.1, 0.15) is 22.2 Å². The summed E-state index contributed by atoms with van der Waals surface area (Å²) in [7, 11) is 0. The molecule has 1 amide bonds. The molecule has 0 saturated carbocycles. The number of rotatable bonds is 5. The van der Waals surface area contributed by atoms with Crippen molar-refractivity contribution >= 4 is 17.2 Å². The van der Waals surface area contributed by atoms with Crippen molar-refractivity contribution in [1.29, 1.82) is 0 Å². The topological polar surface area (TPSA) is 78.0 Å². The molecule has 0 spiro atoms. The summed E-state index contributed by atoms with van der Waals surface area (Å²) >= 11 is 1.48. The molecule has 1 atom stereocenters. The van der Waals surface area contributed by atoms with Crippen molar-refractivity contribution in [2.45, 2.75) is 6.10 Å². The number of carbonyl (C=O) groups excluding carboxylic acids is 1. The molecule has 0 aliphatic heterocycles. The van der Waals surface area contributed by atoms with Gasteiger partial charge in [0.2, 0.25) is 0 Å². The molecule has 3 aromatic rings. The summed E-state index contributed by atoms with van der Waals surface area (Å²) in [5.74, 6) is -0.690. The monoisotopic (exact) mass is 331 g/mol. The van der Waals surface area contributed by atoms with E-state index in [0.29, 0.717) is 11.3 Å². The number of amides is 1. The van der Waals surface area contributed by atoms with Gasteiger partial charge in [0.25, 0.3) is 5.91 Å². The Hall–Kier alpha value is -2.51. The van der Waals surface area contributed by atoms with Crippen molar-refractivity contribution in [1.82, 2.24) is 15.5 Å². The number of aliphatic hydroxyl groups excluding tert-OH is 1. The number of hydrogen-bond donors (Lipinski definition) is 3. The third kappa shape index (κ3) is 3.64. The quantitative estimate of drug-likeness (QED) is 0.673. The number of nitrogens with one attached hydrogen (secondary N) is 2. The van der Waals surface area contributed by atoms with Crippen LogP contribution >= 0.6 is 11.3 Å². The lowest BCUT2D eigenvalue weighted by Crippen LogP contribution is -2.28. The predicted molar refractivity (Wildman–Crippen MR) is 85.6 cm³/mol. The number of carbonyl (C=O) groups is 1. The van der Waals surface area contributed by atoms with E-state index in [0.717, 1.165) is 5.56 Å². The van der Waals surface area contributed by atoms with Gasteiger partial charge in [-0.1, -0.05) is 0 Å². The Balaban J connectivity index is 1.63. The number of nitrogens with zero attached hydrogens (tertiary/aromatic N) is 1. The summed E-state index contributed by atoms with van der Waals surface area (Å²) in [4.78, 5) is 12.1. The second-order valence-electron chi connectivity index (χ2n) is 4.96. The molecule has 0 aliphatic rings. The molecule has 0 saturated heterocycles. The van der Waals surface area contributed by atoms with Gasteiger partial charge in [0.05, 0.1) is 11.8 Å². The summed E-state index contributed by atoms with van der Waals surface area (Å²) in [6.07, 6.45) is -0.746. The number of H-pyrrole nitrogens is 1. The van der Waals surface area contributed by atoms with E-state index in [-0.39, 0.29) is 24.0 Å². The van der Waals surface area contributed by atoms with Gasteiger partial charge in [-0.25, -0.2) is 4.39 Å². The summed E-state index contributed by atoms with van der Waals surface area (Å²) in [5, 5.41) is 23.0. The molecule has 2 heterocycles. The van der Waals surface area contributed by atoms with Crippen molar-refractivity contribution in [3.05, 3.63) is 64.2 Å². The first-order valence-corrected chi connectivity index (χ1v) is 7.87. The van der Waals surface area contributed by atoms with Crippen LogP contribution in [-0.4, -0.2) is 27.8 Å². The SMILES string of the molecule is O=C(NCC(O)c1ccsc1)c1cc(-c2ccc(F)cc2)n[nH]1. The van der Waals surface area contributed by atoms with Crippen LogP contribution in [0.2, 0.25) is 0 Å². The second kappa shape index (κ2) is 6.72. The molecule has 3 N–H and O–H groups in total. The van der Waals surface area contributed by atoms with Gasteiger partial charge in [0, 0.05) is 12.1 Å². The van der Waals surface area contributed by atoms with Gasteiger partial charge < -0.3 is 10.4 Å². The van der Waals surface area contributed by atoms with E-state index in [1.54, 1.807) is 18.2 Å². The highest BCUT2D eigenvalue weighted by molar-refractivity contribution is 7.07. The number of halogens is 1. The summed E-state index contributed by atoms with van der Waals surface area (Å²) in [6.45, 7) is 0.112. The number of hydrogen-bond acceptors (Lipinski definition) is 4. The van der Waals surface area contributed by atoms with E-state index in [4.69, 9.17) is 0 Å². The summed E-state index contributed by atoms with van der Waals surface area (Å²) in [5.41, 5.74) is 2.31. The predicted octanol–water partition coefficient (Wildman–Crippen LogP) is 2.74. The van der Waals surface area contributed by atoms with Crippen molar-refractivity contribution in [3.63, 3.8) is 0 Å². The molecule has 1 aromatic carbocycles. The zero-order valence-electron chi connectivity index (χ0n) is 12.0. The molecule has 3 rings (SSSR count). The van der Waals surface area contributed by atoms with Gasteiger partial charge in [0.15, 0.2) is 0 Å². The number of thiophene rings is 1. The first-order chi connectivity index (χ1) is 11.1. The molecule has 0 fully saturated rings. The molecule has 1 unspecified atom stereocenters. The van der Waals surface area contributed by atoms with Crippen LogP contribution in [0.25, 0.3) is 11.3 Å². The highest BCUT2D eigenvalue weighted by Gasteiger charge is 2.14. The van der Waals surface area contributed by atoms with E-state index in [1.165, 1.54) is 23.5 Å². The van der Waals surface area contributed by atoms with Crippen molar-refractivity contribution in [2.24, 2.45) is 0 Å². The average molecular weight is 331 g/mol. The van der Waals surface area contributed by atoms with Crippen LogP contribution in [0, 0.1) is 5.82 Å². The van der Waals surface area contributed by atoms with Gasteiger partial charge >= 0.3 is 0 Å². The number of aromatic nitrogens is 2. The summed E-state index contributed by atoms with van der Waals surface area (Å²) < 4.78 is 12.9. The Bertz CT molecular complexity index is 784. The zero-order chi connectivity index (χ0) is 16.2. The van der Waals surface area contributed by atoms with Gasteiger partial charge in [-0.15, -0.1) is 0 Å². The van der Waals surface area contributed by atoms with Crippen LogP contribution in [-0.2, 0) is 0 Å². The molecule has 118 valence electrons. The van der Waals surface area contributed by atoms with Gasteiger partial charge in [-0.3, -0.25) is 9.89 Å². The lowest BCUT2D eigenvalue weighted by atomic mass is 10.1. The Morgan fingerprint density at radius 2 is 2.13 bits per heavy atom. The van der Waals surface area contributed by atoms with Crippen LogP contribution in [0.5, 0.6) is 0 Å². The van der Waals surface area contributed by atoms with E-state index in [9.17, 15) is 14.3 Å². The largest absolute Gasteiger partial charge is 0.387 e. The minimum absolute atomic E-state index is 0.112. The van der Waals surface area contributed by atoms with Gasteiger partial charge in [-0.2, -0.15) is 16.4 Å². The van der Waals surface area contributed by atoms with Crippen LogP contribution < -0.4 is 5.32 Å². The molecule has 0 radical (unpaired) electrons. The van der Waals surface area contributed by atoms with Crippen molar-refractivity contribution < 1.29 is 14.3 Å². The lowest BCUT2D eigenvalue weighted by Gasteiger charge is -2.09. The molecule has 7 heteroatoms. The fraction of sp³-hybridized carbons (Fsp3) is 0.125. The van der Waals surface area contributed by atoms with Crippen molar-refractivity contribution in [3.8, 4) is 11.3 Å². The minimum atomic E-state index is -0.746. The minimum Gasteiger partial charge on any atom is -0.387 e. The van der Waals surface area contributed by atoms with Crippen LogP contribution in [0.15, 0.2) is 47.2 Å².